The molecule has 2 amide bonds. The number of aromatic nitrogens is 3. The van der Waals surface area contributed by atoms with E-state index in [1.54, 1.807) is 0 Å². The number of urea groups is 1. The van der Waals surface area contributed by atoms with Crippen LogP contribution in [-0.4, -0.2) is 27.8 Å². The smallest absolute Gasteiger partial charge is 0.315 e. The SMILES string of the molecule is CCCNC(=O)NCc1ncn[nH]1. The lowest BCUT2D eigenvalue weighted by Crippen LogP contribution is -2.35. The average Bonchev–Trinajstić information content (AvgIpc) is 2.64. The van der Waals surface area contributed by atoms with Gasteiger partial charge in [-0.1, -0.05) is 6.92 Å². The van der Waals surface area contributed by atoms with Gasteiger partial charge in [-0.05, 0) is 6.42 Å². The predicted octanol–water partition coefficient (Wildman–Crippen LogP) is 0.0139. The van der Waals surface area contributed by atoms with Crippen LogP contribution in [-0.2, 0) is 6.54 Å². The molecule has 1 heterocycles. The molecule has 0 saturated heterocycles. The van der Waals surface area contributed by atoms with Gasteiger partial charge >= 0.3 is 6.03 Å². The summed E-state index contributed by atoms with van der Waals surface area (Å²) in [6.07, 6.45) is 2.33. The van der Waals surface area contributed by atoms with Crippen LogP contribution in [0.15, 0.2) is 6.33 Å². The van der Waals surface area contributed by atoms with Crippen molar-refractivity contribution in [2.75, 3.05) is 6.54 Å². The Hall–Kier alpha value is -1.59. The minimum absolute atomic E-state index is 0.182. The summed E-state index contributed by atoms with van der Waals surface area (Å²) >= 11 is 0. The molecule has 1 aromatic heterocycles. The highest BCUT2D eigenvalue weighted by molar-refractivity contribution is 5.73. The van der Waals surface area contributed by atoms with Gasteiger partial charge in [0.1, 0.15) is 12.2 Å². The van der Waals surface area contributed by atoms with E-state index in [1.807, 2.05) is 6.92 Å². The Labute approximate surface area is 76.1 Å². The van der Waals surface area contributed by atoms with Crippen LogP contribution in [0.1, 0.15) is 19.2 Å². The molecule has 0 spiro atoms. The first-order valence-electron chi connectivity index (χ1n) is 4.19. The first kappa shape index (κ1) is 9.50. The highest BCUT2D eigenvalue weighted by atomic mass is 16.2. The molecule has 0 aliphatic carbocycles. The molecule has 0 bridgehead atoms. The van der Waals surface area contributed by atoms with Gasteiger partial charge in [-0.3, -0.25) is 5.10 Å². The Balaban J connectivity index is 2.15. The molecule has 1 rings (SSSR count). The maximum Gasteiger partial charge on any atom is 0.315 e. The van der Waals surface area contributed by atoms with E-state index >= 15 is 0 Å². The molecule has 1 aromatic rings. The van der Waals surface area contributed by atoms with Crippen LogP contribution in [0.4, 0.5) is 4.79 Å². The molecule has 0 fully saturated rings. The Kier molecular flexibility index (Phi) is 3.74. The molecule has 0 atom stereocenters. The van der Waals surface area contributed by atoms with Gasteiger partial charge in [-0.15, -0.1) is 0 Å². The van der Waals surface area contributed by atoms with Crippen molar-refractivity contribution >= 4 is 6.03 Å². The molecule has 0 radical (unpaired) electrons. The number of amides is 2. The molecule has 3 N–H and O–H groups in total. The first-order chi connectivity index (χ1) is 6.33. The number of nitrogens with one attached hydrogen (secondary N) is 3. The van der Waals surface area contributed by atoms with Crippen molar-refractivity contribution in [2.24, 2.45) is 0 Å². The molecule has 0 unspecified atom stereocenters. The summed E-state index contributed by atoms with van der Waals surface area (Å²) in [6, 6.07) is -0.182. The molecule has 72 valence electrons. The zero-order valence-electron chi connectivity index (χ0n) is 7.50. The number of hydrogen-bond donors (Lipinski definition) is 3. The second-order valence-corrected chi connectivity index (χ2v) is 2.54. The standard InChI is InChI=1S/C7H13N5O/c1-2-3-8-7(13)9-4-6-10-5-11-12-6/h5H,2-4H2,1H3,(H2,8,9,13)(H,10,11,12). The Morgan fingerprint density at radius 2 is 2.46 bits per heavy atom. The van der Waals surface area contributed by atoms with Gasteiger partial charge in [0.05, 0.1) is 6.54 Å². The van der Waals surface area contributed by atoms with Crippen molar-refractivity contribution < 1.29 is 4.79 Å². The van der Waals surface area contributed by atoms with Gasteiger partial charge in [0.2, 0.25) is 0 Å². The van der Waals surface area contributed by atoms with E-state index in [-0.39, 0.29) is 6.03 Å². The molecule has 6 heteroatoms. The van der Waals surface area contributed by atoms with E-state index < -0.39 is 0 Å². The van der Waals surface area contributed by atoms with Gasteiger partial charge in [0.15, 0.2) is 0 Å². The Morgan fingerprint density at radius 1 is 1.62 bits per heavy atom. The lowest BCUT2D eigenvalue weighted by Gasteiger charge is -2.03. The second kappa shape index (κ2) is 5.13. The summed E-state index contributed by atoms with van der Waals surface area (Å²) in [5.74, 6) is 0.645. The van der Waals surface area contributed by atoms with Crippen LogP contribution >= 0.6 is 0 Å². The third kappa shape index (κ3) is 3.55. The number of H-pyrrole nitrogens is 1. The van der Waals surface area contributed by atoms with Crippen LogP contribution in [0.3, 0.4) is 0 Å². The molecule has 0 aliphatic rings. The van der Waals surface area contributed by atoms with Gasteiger partial charge in [0, 0.05) is 6.54 Å². The molecular weight excluding hydrogens is 170 g/mol. The number of nitrogens with zero attached hydrogens (tertiary/aromatic N) is 2. The van der Waals surface area contributed by atoms with Gasteiger partial charge in [-0.2, -0.15) is 5.10 Å². The molecule has 0 saturated carbocycles. The van der Waals surface area contributed by atoms with Gasteiger partial charge in [-0.25, -0.2) is 9.78 Å². The maximum atomic E-state index is 11.0. The summed E-state index contributed by atoms with van der Waals surface area (Å²) in [5, 5.41) is 11.6. The van der Waals surface area contributed by atoms with Gasteiger partial charge in [0.25, 0.3) is 0 Å². The van der Waals surface area contributed by atoms with Crippen LogP contribution < -0.4 is 10.6 Å². The summed E-state index contributed by atoms with van der Waals surface area (Å²) in [6.45, 7) is 3.05. The minimum Gasteiger partial charge on any atom is -0.338 e. The highest BCUT2D eigenvalue weighted by Gasteiger charge is 1.99. The lowest BCUT2D eigenvalue weighted by molar-refractivity contribution is 0.240. The van der Waals surface area contributed by atoms with E-state index in [4.69, 9.17) is 0 Å². The number of carbonyl (C=O) groups excluding carboxylic acids is 1. The van der Waals surface area contributed by atoms with Crippen LogP contribution in [0.2, 0.25) is 0 Å². The zero-order valence-corrected chi connectivity index (χ0v) is 7.50. The fraction of sp³-hybridized carbons (Fsp3) is 0.571. The number of carbonyl (C=O) groups is 1. The monoisotopic (exact) mass is 183 g/mol. The number of aromatic amines is 1. The summed E-state index contributed by atoms with van der Waals surface area (Å²) in [5.41, 5.74) is 0. The summed E-state index contributed by atoms with van der Waals surface area (Å²) in [4.78, 5) is 14.9. The van der Waals surface area contributed by atoms with Crippen LogP contribution in [0.5, 0.6) is 0 Å². The van der Waals surface area contributed by atoms with Crippen molar-refractivity contribution in [1.29, 1.82) is 0 Å². The minimum atomic E-state index is -0.182. The van der Waals surface area contributed by atoms with Crippen molar-refractivity contribution in [3.63, 3.8) is 0 Å². The first-order valence-corrected chi connectivity index (χ1v) is 4.19. The normalized spacial score (nSPS) is 9.62. The fourth-order valence-corrected chi connectivity index (χ4v) is 0.781. The van der Waals surface area contributed by atoms with Crippen LogP contribution in [0, 0.1) is 0 Å². The molecule has 0 aromatic carbocycles. The van der Waals surface area contributed by atoms with Crippen molar-refractivity contribution in [2.45, 2.75) is 19.9 Å². The van der Waals surface area contributed by atoms with Gasteiger partial charge < -0.3 is 10.6 Å². The Morgan fingerprint density at radius 3 is 3.08 bits per heavy atom. The van der Waals surface area contributed by atoms with Crippen molar-refractivity contribution in [1.82, 2.24) is 25.8 Å². The number of hydrogen-bond acceptors (Lipinski definition) is 3. The molecule has 6 nitrogen and oxygen atoms in total. The van der Waals surface area contributed by atoms with E-state index in [1.165, 1.54) is 6.33 Å². The van der Waals surface area contributed by atoms with E-state index in [2.05, 4.69) is 25.8 Å². The molecule has 13 heavy (non-hydrogen) atoms. The summed E-state index contributed by atoms with van der Waals surface area (Å²) in [7, 11) is 0. The van der Waals surface area contributed by atoms with E-state index in [0.717, 1.165) is 6.42 Å². The highest BCUT2D eigenvalue weighted by Crippen LogP contribution is 1.82. The van der Waals surface area contributed by atoms with Crippen molar-refractivity contribution in [3.05, 3.63) is 12.2 Å². The third-order valence-electron chi connectivity index (χ3n) is 1.42. The third-order valence-corrected chi connectivity index (χ3v) is 1.42. The predicted molar refractivity (Wildman–Crippen MR) is 46.9 cm³/mol. The fourth-order valence-electron chi connectivity index (χ4n) is 0.781. The maximum absolute atomic E-state index is 11.0. The average molecular weight is 183 g/mol. The topological polar surface area (TPSA) is 82.7 Å². The number of rotatable bonds is 4. The molecule has 0 aliphatic heterocycles. The lowest BCUT2D eigenvalue weighted by atomic mass is 10.5. The zero-order chi connectivity index (χ0) is 9.52. The van der Waals surface area contributed by atoms with E-state index in [9.17, 15) is 4.79 Å². The summed E-state index contributed by atoms with van der Waals surface area (Å²) < 4.78 is 0. The molecular formula is C7H13N5O. The largest absolute Gasteiger partial charge is 0.338 e. The van der Waals surface area contributed by atoms with Crippen molar-refractivity contribution in [3.8, 4) is 0 Å². The van der Waals surface area contributed by atoms with Crippen LogP contribution in [0.25, 0.3) is 0 Å². The van der Waals surface area contributed by atoms with E-state index in [0.29, 0.717) is 18.9 Å². The quantitative estimate of drug-likeness (QED) is 0.615. The second-order valence-electron chi connectivity index (χ2n) is 2.54. The Bertz CT molecular complexity index is 245.